The van der Waals surface area contributed by atoms with Crippen molar-refractivity contribution in [3.63, 3.8) is 0 Å². The minimum Gasteiger partial charge on any atom is -0.494 e. The summed E-state index contributed by atoms with van der Waals surface area (Å²) in [5.41, 5.74) is 0.695. The molecule has 0 spiro atoms. The predicted octanol–water partition coefficient (Wildman–Crippen LogP) is 3.84. The third kappa shape index (κ3) is 10.9. The third-order valence-electron chi connectivity index (χ3n) is 8.93. The van der Waals surface area contributed by atoms with Gasteiger partial charge in [-0.3, -0.25) is 4.79 Å². The van der Waals surface area contributed by atoms with Gasteiger partial charge in [0, 0.05) is 32.1 Å². The molecule has 3 aliphatic heterocycles. The quantitative estimate of drug-likeness (QED) is 0.201. The smallest absolute Gasteiger partial charge is 0.407 e. The Balaban J connectivity index is 1.25. The molecule has 0 bridgehead atoms. The number of amides is 2. The van der Waals surface area contributed by atoms with E-state index in [9.17, 15) is 23.1 Å². The highest BCUT2D eigenvalue weighted by Gasteiger charge is 2.44. The number of aliphatic hydroxyl groups excluding tert-OH is 1. The molecule has 5 rings (SSSR count). The van der Waals surface area contributed by atoms with Crippen molar-refractivity contribution in [3.8, 4) is 17.2 Å². The number of nitrogens with zero attached hydrogens (tertiary/aromatic N) is 1. The van der Waals surface area contributed by atoms with Gasteiger partial charge in [-0.25, -0.2) is 13.2 Å². The van der Waals surface area contributed by atoms with Crippen LogP contribution in [0.3, 0.4) is 0 Å². The fourth-order valence-electron chi connectivity index (χ4n) is 6.36. The van der Waals surface area contributed by atoms with E-state index in [1.807, 2.05) is 46.8 Å². The summed E-state index contributed by atoms with van der Waals surface area (Å²) in [6, 6.07) is 10.7. The molecule has 5 atom stereocenters. The molecule has 3 N–H and O–H groups in total. The van der Waals surface area contributed by atoms with Crippen molar-refractivity contribution in [3.05, 3.63) is 48.0 Å². The fourth-order valence-corrected chi connectivity index (χ4v) is 8.00. The van der Waals surface area contributed by atoms with Crippen LogP contribution in [0.4, 0.5) is 4.79 Å². The standard InChI is InChI=1S/C37H53N3O11S/c1-24(2)20-40(52(44,45)27-11-12-31-32(18-27)50-23-49-31)21-30(41)29(39-36(43)51-33-22-48-35-28(33)13-16-47-35)17-25-7-9-26(10-8-25)46-15-6-14-38-34(42)19-37(3,4)5/h7-12,18,24,28-30,33,35,41H,6,13-17,19-23H2,1-5H3,(H,38,42)(H,39,43)/t28-,29-,30+,33-,35+/m0/s1. The lowest BCUT2D eigenvalue weighted by Gasteiger charge is -2.31. The Bertz CT molecular complexity index is 1610. The van der Waals surface area contributed by atoms with E-state index in [1.165, 1.54) is 16.4 Å². The van der Waals surface area contributed by atoms with Crippen LogP contribution < -0.4 is 24.8 Å². The normalized spacial score (nSPS) is 20.8. The molecule has 15 heteroatoms. The van der Waals surface area contributed by atoms with Crippen molar-refractivity contribution >= 4 is 22.0 Å². The number of rotatable bonds is 17. The van der Waals surface area contributed by atoms with Gasteiger partial charge in [-0.05, 0) is 60.4 Å². The zero-order valence-electron chi connectivity index (χ0n) is 30.7. The lowest BCUT2D eigenvalue weighted by atomic mass is 9.92. The van der Waals surface area contributed by atoms with E-state index in [4.69, 9.17) is 28.4 Å². The van der Waals surface area contributed by atoms with Crippen molar-refractivity contribution in [1.82, 2.24) is 14.9 Å². The van der Waals surface area contributed by atoms with Gasteiger partial charge in [0.15, 0.2) is 17.8 Å². The number of fused-ring (bicyclic) bond motifs is 2. The number of hydrogen-bond donors (Lipinski definition) is 3. The number of alkyl carbamates (subject to hydrolysis) is 1. The number of carbonyl (C=O) groups is 2. The van der Waals surface area contributed by atoms with E-state index in [0.717, 1.165) is 5.56 Å². The lowest BCUT2D eigenvalue weighted by Crippen LogP contribution is -2.51. The van der Waals surface area contributed by atoms with Crippen LogP contribution in [0.2, 0.25) is 0 Å². The average Bonchev–Trinajstić information content (AvgIpc) is 3.82. The summed E-state index contributed by atoms with van der Waals surface area (Å²) in [5.74, 6) is 1.28. The van der Waals surface area contributed by atoms with E-state index in [-0.39, 0.29) is 61.0 Å². The molecule has 0 aliphatic carbocycles. The SMILES string of the molecule is CC(C)CN(C[C@@H](O)[C@H](Cc1ccc(OCCCNC(=O)CC(C)(C)C)cc1)NC(=O)O[C@H]1CO[C@H]2OCC[C@H]21)S(=O)(=O)c1ccc2c(c1)OCO2. The minimum atomic E-state index is -4.08. The number of ether oxygens (including phenoxy) is 6. The Labute approximate surface area is 306 Å². The van der Waals surface area contributed by atoms with Crippen molar-refractivity contribution < 1.29 is 51.5 Å². The number of hydrogen-bond acceptors (Lipinski definition) is 11. The summed E-state index contributed by atoms with van der Waals surface area (Å²) < 4.78 is 62.6. The lowest BCUT2D eigenvalue weighted by molar-refractivity contribution is -0.122. The van der Waals surface area contributed by atoms with Gasteiger partial charge in [-0.2, -0.15) is 4.31 Å². The zero-order chi connectivity index (χ0) is 37.5. The van der Waals surface area contributed by atoms with Crippen LogP contribution in [0.1, 0.15) is 59.4 Å². The molecule has 0 saturated carbocycles. The first-order valence-corrected chi connectivity index (χ1v) is 19.4. The maximum atomic E-state index is 13.9. The molecule has 2 amide bonds. The molecular weight excluding hydrogens is 694 g/mol. The predicted molar refractivity (Wildman–Crippen MR) is 190 cm³/mol. The van der Waals surface area contributed by atoms with Crippen molar-refractivity contribution in [2.75, 3.05) is 46.2 Å². The molecular formula is C37H53N3O11S. The first kappa shape index (κ1) is 39.6. The van der Waals surface area contributed by atoms with E-state index in [1.54, 1.807) is 18.2 Å². The van der Waals surface area contributed by atoms with Gasteiger partial charge in [0.2, 0.25) is 22.7 Å². The van der Waals surface area contributed by atoms with E-state index >= 15 is 0 Å². The van der Waals surface area contributed by atoms with Crippen LogP contribution in [-0.2, 0) is 35.4 Å². The number of nitrogens with one attached hydrogen (secondary N) is 2. The van der Waals surface area contributed by atoms with Gasteiger partial charge in [-0.1, -0.05) is 46.8 Å². The molecule has 0 radical (unpaired) electrons. The van der Waals surface area contributed by atoms with Crippen LogP contribution in [0, 0.1) is 17.3 Å². The molecule has 0 aromatic heterocycles. The first-order chi connectivity index (χ1) is 24.7. The molecule has 3 aliphatic rings. The van der Waals surface area contributed by atoms with Crippen LogP contribution in [0.15, 0.2) is 47.4 Å². The van der Waals surface area contributed by atoms with Crippen molar-refractivity contribution in [2.24, 2.45) is 17.3 Å². The molecule has 2 aromatic rings. The van der Waals surface area contributed by atoms with Gasteiger partial charge < -0.3 is 44.2 Å². The maximum Gasteiger partial charge on any atom is 0.407 e. The second kappa shape index (κ2) is 17.5. The number of aliphatic hydroxyl groups is 1. The monoisotopic (exact) mass is 747 g/mol. The number of carbonyl (C=O) groups excluding carboxylic acids is 2. The van der Waals surface area contributed by atoms with Gasteiger partial charge in [-0.15, -0.1) is 0 Å². The summed E-state index contributed by atoms with van der Waals surface area (Å²) in [4.78, 5) is 25.3. The molecule has 3 heterocycles. The maximum absolute atomic E-state index is 13.9. The van der Waals surface area contributed by atoms with Crippen molar-refractivity contribution in [2.45, 2.75) is 89.7 Å². The Morgan fingerprint density at radius 2 is 1.79 bits per heavy atom. The second-order valence-corrected chi connectivity index (χ2v) is 17.1. The molecule has 288 valence electrons. The number of benzene rings is 2. The molecule has 2 saturated heterocycles. The molecule has 14 nitrogen and oxygen atoms in total. The van der Waals surface area contributed by atoms with E-state index in [0.29, 0.717) is 56.3 Å². The van der Waals surface area contributed by atoms with Gasteiger partial charge in [0.05, 0.1) is 42.8 Å². The summed E-state index contributed by atoms with van der Waals surface area (Å²) in [6.07, 6.45) is -0.997. The first-order valence-electron chi connectivity index (χ1n) is 17.9. The van der Waals surface area contributed by atoms with E-state index < -0.39 is 40.7 Å². The van der Waals surface area contributed by atoms with Gasteiger partial charge in [0.1, 0.15) is 11.9 Å². The Morgan fingerprint density at radius 3 is 2.52 bits per heavy atom. The second-order valence-electron chi connectivity index (χ2n) is 15.2. The topological polar surface area (TPSA) is 171 Å². The number of sulfonamides is 1. The Morgan fingerprint density at radius 1 is 1.04 bits per heavy atom. The summed E-state index contributed by atoms with van der Waals surface area (Å²) in [6.45, 7) is 11.3. The van der Waals surface area contributed by atoms with Gasteiger partial charge >= 0.3 is 6.09 Å². The Hall–Kier alpha value is -3.63. The third-order valence-corrected chi connectivity index (χ3v) is 10.8. The highest BCUT2D eigenvalue weighted by Crippen LogP contribution is 2.35. The summed E-state index contributed by atoms with van der Waals surface area (Å²) in [7, 11) is -4.08. The van der Waals surface area contributed by atoms with Gasteiger partial charge in [0.25, 0.3) is 0 Å². The summed E-state index contributed by atoms with van der Waals surface area (Å²) in [5, 5.41) is 17.4. The molecule has 2 fully saturated rings. The average molecular weight is 748 g/mol. The fraction of sp³-hybridized carbons (Fsp3) is 0.622. The molecule has 0 unspecified atom stereocenters. The summed E-state index contributed by atoms with van der Waals surface area (Å²) >= 11 is 0. The molecule has 52 heavy (non-hydrogen) atoms. The zero-order valence-corrected chi connectivity index (χ0v) is 31.5. The largest absolute Gasteiger partial charge is 0.494 e. The highest BCUT2D eigenvalue weighted by atomic mass is 32.2. The Kier molecular flexibility index (Phi) is 13.3. The van der Waals surface area contributed by atoms with Crippen LogP contribution >= 0.6 is 0 Å². The van der Waals surface area contributed by atoms with Crippen LogP contribution in [0.5, 0.6) is 17.2 Å². The van der Waals surface area contributed by atoms with Crippen molar-refractivity contribution in [1.29, 1.82) is 0 Å². The van der Waals surface area contributed by atoms with E-state index in [2.05, 4.69) is 10.6 Å². The highest BCUT2D eigenvalue weighted by molar-refractivity contribution is 7.89. The van der Waals surface area contributed by atoms with Crippen LogP contribution in [0.25, 0.3) is 0 Å². The van der Waals surface area contributed by atoms with Crippen LogP contribution in [-0.4, -0.2) is 101 Å². The minimum absolute atomic E-state index is 0.00269. The molecule has 2 aromatic carbocycles.